The summed E-state index contributed by atoms with van der Waals surface area (Å²) < 4.78 is 5.47. The van der Waals surface area contributed by atoms with Crippen molar-refractivity contribution < 1.29 is 9.53 Å². The highest BCUT2D eigenvalue weighted by atomic mass is 16.5. The minimum Gasteiger partial charge on any atom is -0.493 e. The van der Waals surface area contributed by atoms with Crippen molar-refractivity contribution >= 4 is 5.78 Å². The summed E-state index contributed by atoms with van der Waals surface area (Å²) >= 11 is 0. The Balaban J connectivity index is 0.000000362. The molecule has 0 aromatic heterocycles. The number of para-hydroxylation sites is 1. The highest BCUT2D eigenvalue weighted by Gasteiger charge is 2.00. The summed E-state index contributed by atoms with van der Waals surface area (Å²) in [5.41, 5.74) is 3.51. The van der Waals surface area contributed by atoms with E-state index >= 15 is 0 Å². The molecule has 0 N–H and O–H groups in total. The van der Waals surface area contributed by atoms with Gasteiger partial charge >= 0.3 is 0 Å². The van der Waals surface area contributed by atoms with Gasteiger partial charge in [-0.25, -0.2) is 0 Å². The Morgan fingerprint density at radius 1 is 1.16 bits per heavy atom. The lowest BCUT2D eigenvalue weighted by Crippen LogP contribution is -1.95. The molecule has 19 heavy (non-hydrogen) atoms. The third-order valence-electron chi connectivity index (χ3n) is 2.50. The molecule has 2 heteroatoms. The SMILES string of the molecule is CCC(=O)C=C(C)C.CCOc1c(C)cccc1C. The molecular weight excluding hydrogens is 236 g/mol. The summed E-state index contributed by atoms with van der Waals surface area (Å²) in [6, 6.07) is 6.18. The van der Waals surface area contributed by atoms with Crippen LogP contribution in [-0.2, 0) is 4.79 Å². The second kappa shape index (κ2) is 9.37. The molecule has 1 rings (SSSR count). The number of carbonyl (C=O) groups is 1. The molecular formula is C17H26O2. The van der Waals surface area contributed by atoms with E-state index in [0.717, 1.165) is 17.9 Å². The van der Waals surface area contributed by atoms with Crippen LogP contribution < -0.4 is 4.74 Å². The summed E-state index contributed by atoms with van der Waals surface area (Å²) in [7, 11) is 0. The van der Waals surface area contributed by atoms with Gasteiger partial charge in [-0.05, 0) is 51.8 Å². The minimum absolute atomic E-state index is 0.213. The smallest absolute Gasteiger partial charge is 0.155 e. The lowest BCUT2D eigenvalue weighted by atomic mass is 10.1. The monoisotopic (exact) mass is 262 g/mol. The van der Waals surface area contributed by atoms with Crippen LogP contribution in [0.5, 0.6) is 5.75 Å². The predicted molar refractivity (Wildman–Crippen MR) is 81.8 cm³/mol. The molecule has 0 aliphatic rings. The van der Waals surface area contributed by atoms with Gasteiger partial charge in [0.2, 0.25) is 0 Å². The number of rotatable bonds is 4. The molecule has 0 unspecified atom stereocenters. The van der Waals surface area contributed by atoms with Gasteiger partial charge in [-0.1, -0.05) is 30.7 Å². The second-order valence-corrected chi connectivity index (χ2v) is 4.70. The highest BCUT2D eigenvalue weighted by molar-refractivity contribution is 5.89. The van der Waals surface area contributed by atoms with Crippen LogP contribution in [0, 0.1) is 13.8 Å². The number of hydrogen-bond donors (Lipinski definition) is 0. The van der Waals surface area contributed by atoms with Crippen LogP contribution >= 0.6 is 0 Å². The standard InChI is InChI=1S/C10H14O.C7H12O/c1-4-11-10-8(2)6-5-7-9(10)3;1-4-7(8)5-6(2)3/h5-7H,4H2,1-3H3;5H,4H2,1-3H3. The number of benzene rings is 1. The maximum atomic E-state index is 10.5. The van der Waals surface area contributed by atoms with Gasteiger partial charge < -0.3 is 4.74 Å². The average Bonchev–Trinajstić information content (AvgIpc) is 2.34. The Kier molecular flexibility index (Phi) is 8.60. The van der Waals surface area contributed by atoms with E-state index in [9.17, 15) is 4.79 Å². The number of hydrogen-bond acceptors (Lipinski definition) is 2. The van der Waals surface area contributed by atoms with Crippen molar-refractivity contribution in [2.24, 2.45) is 0 Å². The lowest BCUT2D eigenvalue weighted by Gasteiger charge is -2.08. The van der Waals surface area contributed by atoms with Crippen molar-refractivity contribution in [3.05, 3.63) is 41.0 Å². The van der Waals surface area contributed by atoms with Crippen LogP contribution in [0.15, 0.2) is 29.8 Å². The molecule has 0 saturated heterocycles. The van der Waals surface area contributed by atoms with Crippen molar-refractivity contribution in [3.8, 4) is 5.75 Å². The molecule has 106 valence electrons. The summed E-state index contributed by atoms with van der Waals surface area (Å²) in [6.45, 7) is 12.6. The van der Waals surface area contributed by atoms with Gasteiger partial charge in [0.15, 0.2) is 5.78 Å². The molecule has 0 bridgehead atoms. The lowest BCUT2D eigenvalue weighted by molar-refractivity contribution is -0.114. The molecule has 0 heterocycles. The Bertz CT molecular complexity index is 407. The van der Waals surface area contributed by atoms with Crippen LogP contribution in [0.1, 0.15) is 45.2 Å². The maximum Gasteiger partial charge on any atom is 0.155 e. The minimum atomic E-state index is 0.213. The predicted octanol–water partition coefficient (Wildman–Crippen LogP) is 4.63. The first-order valence-electron chi connectivity index (χ1n) is 6.79. The number of allylic oxidation sites excluding steroid dienone is 2. The average molecular weight is 262 g/mol. The Labute approximate surface area is 117 Å². The van der Waals surface area contributed by atoms with Gasteiger partial charge in [0.25, 0.3) is 0 Å². The molecule has 0 spiro atoms. The van der Waals surface area contributed by atoms with Crippen molar-refractivity contribution in [1.82, 2.24) is 0 Å². The zero-order valence-electron chi connectivity index (χ0n) is 13.0. The molecule has 0 aliphatic carbocycles. The van der Waals surface area contributed by atoms with Crippen molar-refractivity contribution in [2.75, 3.05) is 6.61 Å². The fraction of sp³-hybridized carbons (Fsp3) is 0.471. The first-order chi connectivity index (χ1) is 8.92. The summed E-state index contributed by atoms with van der Waals surface area (Å²) in [4.78, 5) is 10.5. The molecule has 0 amide bonds. The summed E-state index contributed by atoms with van der Waals surface area (Å²) in [6.07, 6.45) is 2.28. The van der Waals surface area contributed by atoms with E-state index in [0.29, 0.717) is 6.42 Å². The maximum absolute atomic E-state index is 10.5. The van der Waals surface area contributed by atoms with E-state index in [2.05, 4.69) is 26.0 Å². The Morgan fingerprint density at radius 2 is 1.68 bits per heavy atom. The quantitative estimate of drug-likeness (QED) is 0.739. The zero-order chi connectivity index (χ0) is 14.8. The molecule has 0 aliphatic heterocycles. The van der Waals surface area contributed by atoms with Crippen LogP contribution in [0.4, 0.5) is 0 Å². The topological polar surface area (TPSA) is 26.3 Å². The molecule has 1 aromatic carbocycles. The van der Waals surface area contributed by atoms with Gasteiger partial charge in [-0.2, -0.15) is 0 Å². The van der Waals surface area contributed by atoms with Crippen molar-refractivity contribution in [2.45, 2.75) is 48.0 Å². The van der Waals surface area contributed by atoms with Gasteiger partial charge in [0.05, 0.1) is 6.61 Å². The van der Waals surface area contributed by atoms with E-state index < -0.39 is 0 Å². The van der Waals surface area contributed by atoms with E-state index in [1.165, 1.54) is 11.1 Å². The fourth-order valence-electron chi connectivity index (χ4n) is 1.60. The first kappa shape index (κ1) is 17.4. The highest BCUT2D eigenvalue weighted by Crippen LogP contribution is 2.21. The second-order valence-electron chi connectivity index (χ2n) is 4.70. The van der Waals surface area contributed by atoms with E-state index in [1.54, 1.807) is 6.08 Å². The van der Waals surface area contributed by atoms with Gasteiger partial charge in [-0.3, -0.25) is 4.79 Å². The number of ketones is 1. The number of aryl methyl sites for hydroxylation is 2. The molecule has 1 aromatic rings. The van der Waals surface area contributed by atoms with E-state index in [4.69, 9.17) is 4.74 Å². The van der Waals surface area contributed by atoms with Crippen molar-refractivity contribution in [3.63, 3.8) is 0 Å². The third-order valence-corrected chi connectivity index (χ3v) is 2.50. The van der Waals surface area contributed by atoms with Crippen LogP contribution in [0.2, 0.25) is 0 Å². The Hall–Kier alpha value is -1.57. The largest absolute Gasteiger partial charge is 0.493 e. The van der Waals surface area contributed by atoms with E-state index in [-0.39, 0.29) is 5.78 Å². The molecule has 2 nitrogen and oxygen atoms in total. The first-order valence-corrected chi connectivity index (χ1v) is 6.79. The van der Waals surface area contributed by atoms with Gasteiger partial charge in [0, 0.05) is 6.42 Å². The normalized spacial score (nSPS) is 9.16. The molecule has 0 atom stereocenters. The molecule has 0 fully saturated rings. The third kappa shape index (κ3) is 7.45. The zero-order valence-corrected chi connectivity index (χ0v) is 13.0. The van der Waals surface area contributed by atoms with Crippen LogP contribution in [0.25, 0.3) is 0 Å². The number of carbonyl (C=O) groups excluding carboxylic acids is 1. The molecule has 0 saturated carbocycles. The van der Waals surface area contributed by atoms with Crippen LogP contribution in [0.3, 0.4) is 0 Å². The fourth-order valence-corrected chi connectivity index (χ4v) is 1.60. The number of ether oxygens (including phenoxy) is 1. The van der Waals surface area contributed by atoms with Gasteiger partial charge in [-0.15, -0.1) is 0 Å². The molecule has 0 radical (unpaired) electrons. The summed E-state index contributed by atoms with van der Waals surface area (Å²) in [5.74, 6) is 1.25. The Morgan fingerprint density at radius 3 is 2.00 bits per heavy atom. The summed E-state index contributed by atoms with van der Waals surface area (Å²) in [5, 5.41) is 0. The van der Waals surface area contributed by atoms with Gasteiger partial charge in [0.1, 0.15) is 5.75 Å². The van der Waals surface area contributed by atoms with E-state index in [1.807, 2.05) is 33.8 Å². The van der Waals surface area contributed by atoms with Crippen molar-refractivity contribution in [1.29, 1.82) is 0 Å². The van der Waals surface area contributed by atoms with Crippen LogP contribution in [-0.4, -0.2) is 12.4 Å².